The molecule has 0 spiro atoms. The quantitative estimate of drug-likeness (QED) is 0.779. The molecular weight excluding hydrogens is 312 g/mol. The van der Waals surface area contributed by atoms with Crippen molar-refractivity contribution < 1.29 is 13.2 Å². The van der Waals surface area contributed by atoms with Gasteiger partial charge in [0.05, 0.1) is 5.75 Å². The summed E-state index contributed by atoms with van der Waals surface area (Å²) in [6, 6.07) is 6.61. The molecule has 1 aromatic rings. The molecule has 0 radical (unpaired) electrons. The first-order valence-electron chi connectivity index (χ1n) is 7.65. The van der Waals surface area contributed by atoms with Crippen molar-refractivity contribution in [2.75, 3.05) is 24.1 Å². The van der Waals surface area contributed by atoms with Crippen molar-refractivity contribution in [2.45, 2.75) is 19.8 Å². The molecule has 1 aromatic carbocycles. The third-order valence-corrected chi connectivity index (χ3v) is 4.91. The van der Waals surface area contributed by atoms with Gasteiger partial charge in [-0.15, -0.1) is 0 Å². The highest BCUT2D eigenvalue weighted by molar-refractivity contribution is 7.92. The number of nitrogens with one attached hydrogen (secondary N) is 1. The molecule has 0 amide bonds. The highest BCUT2D eigenvalue weighted by atomic mass is 32.2. The summed E-state index contributed by atoms with van der Waals surface area (Å²) >= 11 is 0. The molecule has 0 bridgehead atoms. The van der Waals surface area contributed by atoms with Crippen LogP contribution in [0.25, 0.3) is 0 Å². The smallest absolute Gasteiger partial charge is 0.232 e. The van der Waals surface area contributed by atoms with E-state index in [0.717, 1.165) is 6.42 Å². The summed E-state index contributed by atoms with van der Waals surface area (Å²) in [5.74, 6) is -0.0222. The first-order chi connectivity index (χ1) is 10.9. The number of carbonyl (C=O) groups excluding carboxylic acids is 1. The molecule has 0 fully saturated rings. The van der Waals surface area contributed by atoms with Crippen LogP contribution in [0.1, 0.15) is 30.1 Å². The molecule has 0 aliphatic carbocycles. The lowest BCUT2D eigenvalue weighted by Gasteiger charge is -2.16. The number of anilines is 1. The number of likely N-dealkylation sites (N-methyl/N-ethyl adjacent to an activating group) is 1. The van der Waals surface area contributed by atoms with Crippen LogP contribution in [0.15, 0.2) is 48.2 Å². The molecule has 2 rings (SSSR count). The fourth-order valence-electron chi connectivity index (χ4n) is 2.20. The van der Waals surface area contributed by atoms with E-state index in [1.807, 2.05) is 31.1 Å². The number of carbonyl (C=O) groups is 1. The Morgan fingerprint density at radius 3 is 2.78 bits per heavy atom. The average molecular weight is 334 g/mol. The molecule has 0 saturated carbocycles. The molecule has 1 N–H and O–H groups in total. The highest BCUT2D eigenvalue weighted by Gasteiger charge is 2.15. The maximum atomic E-state index is 12.5. The van der Waals surface area contributed by atoms with Crippen LogP contribution >= 0.6 is 0 Å². The number of Topliss-reactive ketones (excluding diaryl/α,β-unsaturated/α-hetero) is 1. The van der Waals surface area contributed by atoms with Gasteiger partial charge in [0.15, 0.2) is 5.78 Å². The van der Waals surface area contributed by atoms with Gasteiger partial charge >= 0.3 is 0 Å². The van der Waals surface area contributed by atoms with Gasteiger partial charge in [-0.3, -0.25) is 9.52 Å². The zero-order chi connectivity index (χ0) is 16.9. The zero-order valence-corrected chi connectivity index (χ0v) is 14.3. The molecule has 0 aromatic heterocycles. The minimum Gasteiger partial charge on any atom is -0.377 e. The Labute approximate surface area is 137 Å². The van der Waals surface area contributed by atoms with Crippen molar-refractivity contribution >= 4 is 21.5 Å². The molecule has 0 atom stereocenters. The van der Waals surface area contributed by atoms with Crippen molar-refractivity contribution in [1.82, 2.24) is 4.90 Å². The predicted octanol–water partition coefficient (Wildman–Crippen LogP) is 2.80. The highest BCUT2D eigenvalue weighted by Crippen LogP contribution is 2.18. The number of allylic oxidation sites excluding steroid dienone is 2. The molecule has 6 heteroatoms. The predicted molar refractivity (Wildman–Crippen MR) is 92.9 cm³/mol. The van der Waals surface area contributed by atoms with Crippen molar-refractivity contribution in [3.63, 3.8) is 0 Å². The van der Waals surface area contributed by atoms with Gasteiger partial charge in [0.1, 0.15) is 0 Å². The monoisotopic (exact) mass is 334 g/mol. The van der Waals surface area contributed by atoms with Gasteiger partial charge in [0.2, 0.25) is 10.0 Å². The van der Waals surface area contributed by atoms with E-state index in [-0.39, 0.29) is 11.5 Å². The molecule has 1 aliphatic rings. The fraction of sp³-hybridized carbons (Fsp3) is 0.353. The second-order valence-corrected chi connectivity index (χ2v) is 7.44. The molecular formula is C17H22N2O3S. The summed E-state index contributed by atoms with van der Waals surface area (Å²) < 4.78 is 26.4. The van der Waals surface area contributed by atoms with E-state index in [2.05, 4.69) is 4.72 Å². The van der Waals surface area contributed by atoms with Gasteiger partial charge in [-0.1, -0.05) is 31.6 Å². The van der Waals surface area contributed by atoms with Crippen molar-refractivity contribution in [2.24, 2.45) is 0 Å². The number of ketones is 1. The van der Waals surface area contributed by atoms with Crippen LogP contribution in [-0.4, -0.2) is 38.4 Å². The Bertz CT molecular complexity index is 736. The minimum atomic E-state index is -3.37. The topological polar surface area (TPSA) is 66.5 Å². The zero-order valence-electron chi connectivity index (χ0n) is 13.5. The lowest BCUT2D eigenvalue weighted by molar-refractivity contribution is 0.103. The maximum Gasteiger partial charge on any atom is 0.232 e. The summed E-state index contributed by atoms with van der Waals surface area (Å²) in [5, 5.41) is 0. The van der Waals surface area contributed by atoms with E-state index in [9.17, 15) is 13.2 Å². The summed E-state index contributed by atoms with van der Waals surface area (Å²) in [5.41, 5.74) is 1.51. The number of sulfonamides is 1. The van der Waals surface area contributed by atoms with Crippen LogP contribution in [-0.2, 0) is 10.0 Å². The number of benzene rings is 1. The van der Waals surface area contributed by atoms with Gasteiger partial charge in [0, 0.05) is 30.4 Å². The third kappa shape index (κ3) is 4.96. The van der Waals surface area contributed by atoms with Gasteiger partial charge in [0.25, 0.3) is 0 Å². The van der Waals surface area contributed by atoms with Crippen molar-refractivity contribution in [3.05, 3.63) is 53.8 Å². The Kier molecular flexibility index (Phi) is 5.60. The Balaban J connectivity index is 2.14. The summed E-state index contributed by atoms with van der Waals surface area (Å²) in [7, 11) is -1.44. The number of hydrogen-bond donors (Lipinski definition) is 1. The third-order valence-electron chi connectivity index (χ3n) is 3.53. The lowest BCUT2D eigenvalue weighted by atomic mass is 10.0. The number of unbranched alkanes of at least 4 members (excludes halogenated alkanes) is 1. The lowest BCUT2D eigenvalue weighted by Crippen LogP contribution is -2.18. The number of hydrogen-bond acceptors (Lipinski definition) is 4. The Hall–Kier alpha value is -2.08. The maximum absolute atomic E-state index is 12.5. The summed E-state index contributed by atoms with van der Waals surface area (Å²) in [6.45, 7) is 2.62. The Morgan fingerprint density at radius 2 is 2.13 bits per heavy atom. The van der Waals surface area contributed by atoms with Crippen LogP contribution in [0.5, 0.6) is 0 Å². The largest absolute Gasteiger partial charge is 0.377 e. The van der Waals surface area contributed by atoms with E-state index >= 15 is 0 Å². The number of rotatable bonds is 7. The minimum absolute atomic E-state index is 0.0852. The first kappa shape index (κ1) is 17.3. The standard InChI is InChI=1S/C17H22N2O3S/c1-3-4-12-23(21,22)18-16-7-5-6-15(13-16)17(20)14-8-10-19(2)11-9-14/h5-10,13,18H,3-4,11-12H2,1-2H3. The van der Waals surface area contributed by atoms with Crippen molar-refractivity contribution in [3.8, 4) is 0 Å². The van der Waals surface area contributed by atoms with Gasteiger partial charge in [-0.2, -0.15) is 0 Å². The van der Waals surface area contributed by atoms with Crippen LogP contribution in [0.2, 0.25) is 0 Å². The second-order valence-electron chi connectivity index (χ2n) is 5.60. The molecule has 5 nitrogen and oxygen atoms in total. The normalized spacial score (nSPS) is 14.5. The van der Waals surface area contributed by atoms with E-state index in [0.29, 0.717) is 29.8 Å². The Morgan fingerprint density at radius 1 is 1.35 bits per heavy atom. The second kappa shape index (κ2) is 7.46. The van der Waals surface area contributed by atoms with Crippen molar-refractivity contribution in [1.29, 1.82) is 0 Å². The van der Waals surface area contributed by atoms with Gasteiger partial charge in [-0.25, -0.2) is 8.42 Å². The summed E-state index contributed by atoms with van der Waals surface area (Å²) in [6.07, 6.45) is 6.91. The van der Waals surface area contributed by atoms with E-state index < -0.39 is 10.0 Å². The molecule has 1 aliphatic heterocycles. The van der Waals surface area contributed by atoms with Gasteiger partial charge in [-0.05, 0) is 30.8 Å². The molecule has 0 saturated heterocycles. The molecule has 23 heavy (non-hydrogen) atoms. The molecule has 1 heterocycles. The number of nitrogens with zero attached hydrogens (tertiary/aromatic N) is 1. The van der Waals surface area contributed by atoms with Crippen LogP contribution in [0, 0.1) is 0 Å². The first-order valence-corrected chi connectivity index (χ1v) is 9.30. The van der Waals surface area contributed by atoms with Crippen LogP contribution in [0.4, 0.5) is 5.69 Å². The van der Waals surface area contributed by atoms with Crippen LogP contribution in [0.3, 0.4) is 0 Å². The molecule has 0 unspecified atom stereocenters. The average Bonchev–Trinajstić information content (AvgIpc) is 2.53. The van der Waals surface area contributed by atoms with Crippen LogP contribution < -0.4 is 4.72 Å². The van der Waals surface area contributed by atoms with E-state index in [1.165, 1.54) is 0 Å². The summed E-state index contributed by atoms with van der Waals surface area (Å²) in [4.78, 5) is 14.4. The van der Waals surface area contributed by atoms with Gasteiger partial charge < -0.3 is 4.90 Å². The SMILES string of the molecule is CCCCS(=O)(=O)Nc1cccc(C(=O)C2=CCN(C)C=C2)c1. The fourth-order valence-corrected chi connectivity index (χ4v) is 3.46. The van der Waals surface area contributed by atoms with E-state index in [1.54, 1.807) is 30.3 Å². The van der Waals surface area contributed by atoms with E-state index in [4.69, 9.17) is 0 Å². The molecule has 124 valence electrons.